The van der Waals surface area contributed by atoms with Crippen molar-refractivity contribution in [1.29, 1.82) is 0 Å². The second-order valence-corrected chi connectivity index (χ2v) is 8.60. The van der Waals surface area contributed by atoms with Gasteiger partial charge in [-0.1, -0.05) is 37.3 Å². The van der Waals surface area contributed by atoms with Gasteiger partial charge in [0.25, 0.3) is 0 Å². The number of hydrogen-bond donors (Lipinski definition) is 4. The maximum absolute atomic E-state index is 14.2. The van der Waals surface area contributed by atoms with Crippen molar-refractivity contribution in [2.45, 2.75) is 57.7 Å². The number of carbonyl (C=O) groups is 2. The van der Waals surface area contributed by atoms with Gasteiger partial charge >= 0.3 is 0 Å². The molecule has 2 amide bonds. The lowest BCUT2D eigenvalue weighted by atomic mass is 10.00. The van der Waals surface area contributed by atoms with Gasteiger partial charge in [-0.3, -0.25) is 9.59 Å². The van der Waals surface area contributed by atoms with E-state index in [1.807, 2.05) is 12.1 Å². The Labute approximate surface area is 200 Å². The van der Waals surface area contributed by atoms with Crippen LogP contribution in [-0.4, -0.2) is 48.8 Å². The van der Waals surface area contributed by atoms with Gasteiger partial charge in [0.2, 0.25) is 11.8 Å². The second kappa shape index (κ2) is 13.1. The summed E-state index contributed by atoms with van der Waals surface area (Å²) in [4.78, 5) is 24.4. The summed E-state index contributed by atoms with van der Waals surface area (Å²) in [6, 6.07) is 12.1. The Bertz CT molecular complexity index is 969. The number of aliphatic hydroxyl groups is 1. The fourth-order valence-corrected chi connectivity index (χ4v) is 3.88. The van der Waals surface area contributed by atoms with Crippen molar-refractivity contribution in [3.05, 3.63) is 65.0 Å². The van der Waals surface area contributed by atoms with Gasteiger partial charge in [0.15, 0.2) is 11.6 Å². The van der Waals surface area contributed by atoms with Crippen LogP contribution in [0.3, 0.4) is 0 Å². The van der Waals surface area contributed by atoms with E-state index in [0.717, 1.165) is 17.5 Å². The van der Waals surface area contributed by atoms with Crippen molar-refractivity contribution < 1.29 is 23.8 Å². The lowest BCUT2D eigenvalue weighted by Gasteiger charge is -2.25. The molecule has 8 heteroatoms. The van der Waals surface area contributed by atoms with Crippen LogP contribution in [0.1, 0.15) is 42.9 Å². The Hall–Kier alpha value is -2.97. The average molecular weight is 472 g/mol. The zero-order valence-electron chi connectivity index (χ0n) is 19.6. The van der Waals surface area contributed by atoms with Gasteiger partial charge in [-0.2, -0.15) is 0 Å². The molecule has 34 heavy (non-hydrogen) atoms. The number of halogens is 1. The summed E-state index contributed by atoms with van der Waals surface area (Å²) in [5.41, 5.74) is 3.08. The van der Waals surface area contributed by atoms with Crippen LogP contribution in [0.4, 0.5) is 4.39 Å². The molecule has 184 valence electrons. The molecule has 0 aliphatic carbocycles. The van der Waals surface area contributed by atoms with Gasteiger partial charge in [0.1, 0.15) is 0 Å². The van der Waals surface area contributed by atoms with Crippen LogP contribution >= 0.6 is 0 Å². The largest absolute Gasteiger partial charge is 0.491 e. The van der Waals surface area contributed by atoms with Gasteiger partial charge in [-0.15, -0.1) is 0 Å². The summed E-state index contributed by atoms with van der Waals surface area (Å²) in [5.74, 6) is -0.959. The van der Waals surface area contributed by atoms with Gasteiger partial charge in [0, 0.05) is 19.5 Å². The van der Waals surface area contributed by atoms with Gasteiger partial charge in [-0.25, -0.2) is 4.39 Å². The highest BCUT2D eigenvalue weighted by molar-refractivity contribution is 5.84. The van der Waals surface area contributed by atoms with Crippen molar-refractivity contribution >= 4 is 11.8 Å². The zero-order valence-corrected chi connectivity index (χ0v) is 19.6. The minimum Gasteiger partial charge on any atom is -0.491 e. The third-order valence-corrected chi connectivity index (χ3v) is 5.85. The molecule has 0 aromatic heterocycles. The molecule has 2 unspecified atom stereocenters. The highest BCUT2D eigenvalue weighted by Gasteiger charge is 2.23. The SMILES string of the molecule is CCc1cccc(CNCC(O)C2Cc3ccc(F)c(c3)OCCCCC(=O)NCC(=O)N2)c1. The van der Waals surface area contributed by atoms with E-state index in [-0.39, 0.29) is 43.5 Å². The molecule has 0 fully saturated rings. The first-order valence-corrected chi connectivity index (χ1v) is 11.9. The predicted molar refractivity (Wildman–Crippen MR) is 128 cm³/mol. The van der Waals surface area contributed by atoms with E-state index in [4.69, 9.17) is 4.74 Å². The Kier molecular flexibility index (Phi) is 9.85. The number of benzene rings is 2. The van der Waals surface area contributed by atoms with E-state index in [9.17, 15) is 19.1 Å². The molecule has 0 saturated heterocycles. The molecular weight excluding hydrogens is 437 g/mol. The molecule has 0 saturated carbocycles. The average Bonchev–Trinajstić information content (AvgIpc) is 2.83. The molecule has 2 aromatic rings. The lowest BCUT2D eigenvalue weighted by molar-refractivity contribution is -0.126. The number of nitrogens with one attached hydrogen (secondary N) is 3. The summed E-state index contributed by atoms with van der Waals surface area (Å²) in [5, 5.41) is 19.6. The molecule has 1 heterocycles. The molecule has 7 nitrogen and oxygen atoms in total. The molecule has 1 aliphatic rings. The minimum atomic E-state index is -0.904. The number of aryl methyl sites for hydroxylation is 1. The monoisotopic (exact) mass is 471 g/mol. The van der Waals surface area contributed by atoms with Crippen LogP contribution in [0.25, 0.3) is 0 Å². The van der Waals surface area contributed by atoms with Crippen molar-refractivity contribution in [3.63, 3.8) is 0 Å². The predicted octanol–water partition coefficient (Wildman–Crippen LogP) is 2.25. The third-order valence-electron chi connectivity index (χ3n) is 5.85. The van der Waals surface area contributed by atoms with Gasteiger partial charge in [-0.05, 0) is 54.5 Å². The summed E-state index contributed by atoms with van der Waals surface area (Å²) in [6.07, 6.45) is 1.75. The number of carbonyl (C=O) groups excluding carboxylic acids is 2. The zero-order chi connectivity index (χ0) is 24.3. The van der Waals surface area contributed by atoms with Crippen LogP contribution in [0.15, 0.2) is 42.5 Å². The molecule has 0 spiro atoms. The number of hydrogen-bond acceptors (Lipinski definition) is 5. The lowest BCUT2D eigenvalue weighted by Crippen LogP contribution is -2.51. The van der Waals surface area contributed by atoms with Crippen LogP contribution in [0.2, 0.25) is 0 Å². The number of aliphatic hydroxyl groups excluding tert-OH is 1. The smallest absolute Gasteiger partial charge is 0.239 e. The van der Waals surface area contributed by atoms with Crippen LogP contribution in [0.5, 0.6) is 5.75 Å². The topological polar surface area (TPSA) is 99.7 Å². The number of fused-ring (bicyclic) bond motifs is 2. The first-order valence-electron chi connectivity index (χ1n) is 11.9. The van der Waals surface area contributed by atoms with Crippen molar-refractivity contribution in [2.24, 2.45) is 0 Å². The Morgan fingerprint density at radius 3 is 2.79 bits per heavy atom. The minimum absolute atomic E-state index is 0.130. The summed E-state index contributed by atoms with van der Waals surface area (Å²) in [7, 11) is 0. The summed E-state index contributed by atoms with van der Waals surface area (Å²) >= 11 is 0. The number of rotatable bonds is 6. The molecule has 2 atom stereocenters. The normalized spacial score (nSPS) is 18.6. The molecule has 4 N–H and O–H groups in total. The van der Waals surface area contributed by atoms with Gasteiger partial charge < -0.3 is 25.8 Å². The fourth-order valence-electron chi connectivity index (χ4n) is 3.88. The van der Waals surface area contributed by atoms with Crippen LogP contribution in [0, 0.1) is 5.82 Å². The van der Waals surface area contributed by atoms with Crippen molar-refractivity contribution in [1.82, 2.24) is 16.0 Å². The van der Waals surface area contributed by atoms with E-state index >= 15 is 0 Å². The maximum atomic E-state index is 14.2. The highest BCUT2D eigenvalue weighted by atomic mass is 19.1. The van der Waals surface area contributed by atoms with E-state index in [1.54, 1.807) is 12.1 Å². The summed E-state index contributed by atoms with van der Waals surface area (Å²) in [6.45, 7) is 3.06. The van der Waals surface area contributed by atoms with Crippen LogP contribution < -0.4 is 20.7 Å². The van der Waals surface area contributed by atoms with Crippen LogP contribution in [-0.2, 0) is 29.0 Å². The highest BCUT2D eigenvalue weighted by Crippen LogP contribution is 2.21. The first-order chi connectivity index (χ1) is 16.4. The second-order valence-electron chi connectivity index (χ2n) is 8.60. The van der Waals surface area contributed by atoms with Crippen molar-refractivity contribution in [3.8, 4) is 5.75 Å². The van der Waals surface area contributed by atoms with E-state index in [0.29, 0.717) is 26.0 Å². The Balaban J connectivity index is 1.69. The molecule has 1 aliphatic heterocycles. The fraction of sp³-hybridized carbons (Fsp3) is 0.462. The number of ether oxygens (including phenoxy) is 1. The standard InChI is InChI=1S/C26H34FN3O4/c1-2-18-6-5-7-20(12-18)15-28-16-23(31)22-13-19-9-10-21(27)24(14-19)34-11-4-3-8-25(32)29-17-26(33)30-22/h5-7,9-10,12,14,22-23,28,31H,2-4,8,11,13,15-17H2,1H3,(H,29,32)(H,30,33). The molecule has 2 bridgehead atoms. The third kappa shape index (κ3) is 8.11. The van der Waals surface area contributed by atoms with E-state index in [2.05, 4.69) is 35.0 Å². The molecule has 3 rings (SSSR count). The Morgan fingerprint density at radius 1 is 1.15 bits per heavy atom. The molecule has 2 aromatic carbocycles. The van der Waals surface area contributed by atoms with Gasteiger partial charge in [0.05, 0.1) is 25.3 Å². The van der Waals surface area contributed by atoms with E-state index in [1.165, 1.54) is 11.6 Å². The summed E-state index contributed by atoms with van der Waals surface area (Å²) < 4.78 is 19.8. The molecular formula is C26H34FN3O4. The maximum Gasteiger partial charge on any atom is 0.239 e. The Morgan fingerprint density at radius 2 is 1.97 bits per heavy atom. The van der Waals surface area contributed by atoms with E-state index < -0.39 is 18.0 Å². The first kappa shape index (κ1) is 25.6. The number of amides is 2. The quantitative estimate of drug-likeness (QED) is 0.518. The van der Waals surface area contributed by atoms with Crippen molar-refractivity contribution in [2.75, 3.05) is 19.7 Å². The molecule has 0 radical (unpaired) electrons.